The molecule has 0 N–H and O–H groups in total. The van der Waals surface area contributed by atoms with Crippen LogP contribution < -0.4 is 19.8 Å². The van der Waals surface area contributed by atoms with Gasteiger partial charge in [-0.05, 0) is 43.7 Å². The molecular weight excluding hydrogens is 441 g/mol. The molecule has 2 heterocycles. The molecule has 0 saturated heterocycles. The summed E-state index contributed by atoms with van der Waals surface area (Å²) in [5.41, 5.74) is 2.36. The van der Waals surface area contributed by atoms with Crippen molar-refractivity contribution in [1.82, 2.24) is 4.57 Å². The molecule has 1 atom stereocenters. The van der Waals surface area contributed by atoms with Crippen LogP contribution in [0.5, 0.6) is 0 Å². The summed E-state index contributed by atoms with van der Waals surface area (Å²) in [6.45, 7) is 3.53. The molecule has 1 aliphatic rings. The zero-order chi connectivity index (χ0) is 23.7. The minimum absolute atomic E-state index is 0.160. The SMILES string of the molecule is CCOC(=O)C1=C(C)N=c2s/c(=C\c3ccc(N(C)C)cc3)c(=O)n2C1c1ccccc1F. The van der Waals surface area contributed by atoms with Crippen molar-refractivity contribution < 1.29 is 13.9 Å². The molecule has 3 aromatic rings. The molecule has 0 saturated carbocycles. The molecule has 0 bridgehead atoms. The fourth-order valence-electron chi connectivity index (χ4n) is 3.80. The topological polar surface area (TPSA) is 63.9 Å². The van der Waals surface area contributed by atoms with Gasteiger partial charge in [-0.25, -0.2) is 14.2 Å². The van der Waals surface area contributed by atoms with Gasteiger partial charge in [-0.1, -0.05) is 41.7 Å². The van der Waals surface area contributed by atoms with Crippen LogP contribution in [0.15, 0.2) is 69.6 Å². The number of ether oxygens (including phenoxy) is 1. The van der Waals surface area contributed by atoms with Crippen molar-refractivity contribution >= 4 is 29.1 Å². The number of esters is 1. The monoisotopic (exact) mass is 465 g/mol. The van der Waals surface area contributed by atoms with E-state index in [2.05, 4.69) is 4.99 Å². The summed E-state index contributed by atoms with van der Waals surface area (Å²) in [6, 6.07) is 13.0. The maximum Gasteiger partial charge on any atom is 0.338 e. The molecule has 1 aromatic heterocycles. The highest BCUT2D eigenvalue weighted by atomic mass is 32.1. The van der Waals surface area contributed by atoms with Crippen LogP contribution in [0.25, 0.3) is 6.08 Å². The quantitative estimate of drug-likeness (QED) is 0.544. The lowest BCUT2D eigenvalue weighted by Crippen LogP contribution is -2.40. The Bertz CT molecular complexity index is 1420. The minimum atomic E-state index is -0.959. The second-order valence-corrected chi connectivity index (χ2v) is 8.82. The van der Waals surface area contributed by atoms with Gasteiger partial charge in [0, 0.05) is 25.3 Å². The first-order valence-corrected chi connectivity index (χ1v) is 11.3. The molecule has 6 nitrogen and oxygen atoms in total. The second-order valence-electron chi connectivity index (χ2n) is 7.81. The molecule has 1 aliphatic heterocycles. The Morgan fingerprint density at radius 1 is 1.21 bits per heavy atom. The molecule has 0 radical (unpaired) electrons. The van der Waals surface area contributed by atoms with E-state index in [4.69, 9.17) is 4.74 Å². The Kier molecular flexibility index (Phi) is 6.29. The van der Waals surface area contributed by atoms with Crippen LogP contribution in [-0.4, -0.2) is 31.2 Å². The smallest absolute Gasteiger partial charge is 0.338 e. The molecule has 2 aromatic carbocycles. The largest absolute Gasteiger partial charge is 0.463 e. The number of anilines is 1. The molecule has 4 rings (SSSR count). The van der Waals surface area contributed by atoms with Gasteiger partial charge in [0.25, 0.3) is 5.56 Å². The number of hydrogen-bond donors (Lipinski definition) is 0. The zero-order valence-electron chi connectivity index (χ0n) is 18.8. The van der Waals surface area contributed by atoms with Gasteiger partial charge < -0.3 is 9.64 Å². The fraction of sp³-hybridized carbons (Fsp3) is 0.240. The third-order valence-electron chi connectivity index (χ3n) is 5.42. The highest BCUT2D eigenvalue weighted by Gasteiger charge is 2.34. The van der Waals surface area contributed by atoms with E-state index in [0.29, 0.717) is 15.0 Å². The van der Waals surface area contributed by atoms with E-state index in [0.717, 1.165) is 11.3 Å². The second kappa shape index (κ2) is 9.15. The van der Waals surface area contributed by atoms with E-state index in [9.17, 15) is 14.0 Å². The molecule has 0 amide bonds. The molecule has 0 spiro atoms. The lowest BCUT2D eigenvalue weighted by molar-refractivity contribution is -0.139. The van der Waals surface area contributed by atoms with Crippen molar-refractivity contribution in [1.29, 1.82) is 0 Å². The summed E-state index contributed by atoms with van der Waals surface area (Å²) in [7, 11) is 3.92. The lowest BCUT2D eigenvalue weighted by Gasteiger charge is -2.24. The Labute approximate surface area is 194 Å². The van der Waals surface area contributed by atoms with E-state index in [1.807, 2.05) is 43.3 Å². The number of fused-ring (bicyclic) bond motifs is 1. The predicted octanol–water partition coefficient (Wildman–Crippen LogP) is 3.00. The van der Waals surface area contributed by atoms with Crippen molar-refractivity contribution in [2.45, 2.75) is 19.9 Å². The third-order valence-corrected chi connectivity index (χ3v) is 6.41. The highest BCUT2D eigenvalue weighted by Crippen LogP contribution is 2.32. The first kappa shape index (κ1) is 22.7. The van der Waals surface area contributed by atoms with Gasteiger partial charge >= 0.3 is 5.97 Å². The molecule has 8 heteroatoms. The zero-order valence-corrected chi connectivity index (χ0v) is 19.6. The van der Waals surface area contributed by atoms with Crippen LogP contribution in [0, 0.1) is 5.82 Å². The normalized spacial score (nSPS) is 15.8. The van der Waals surface area contributed by atoms with Gasteiger partial charge in [-0.15, -0.1) is 0 Å². The number of allylic oxidation sites excluding steroid dienone is 1. The number of benzene rings is 2. The summed E-state index contributed by atoms with van der Waals surface area (Å²) in [5, 5.41) is 0. The Morgan fingerprint density at radius 2 is 1.91 bits per heavy atom. The standard InChI is InChI=1S/C25H24FN3O3S/c1-5-32-24(31)21-15(2)27-25-29(22(21)18-8-6-7-9-19(18)26)23(30)20(33-25)14-16-10-12-17(13-11-16)28(3)4/h6-14,22H,5H2,1-4H3/b20-14-. The number of carbonyl (C=O) groups excluding carboxylic acids is 1. The Balaban J connectivity index is 1.92. The first-order chi connectivity index (χ1) is 15.8. The van der Waals surface area contributed by atoms with E-state index < -0.39 is 17.8 Å². The van der Waals surface area contributed by atoms with Crippen LogP contribution in [0.2, 0.25) is 0 Å². The van der Waals surface area contributed by atoms with Crippen molar-refractivity contribution in [2.24, 2.45) is 4.99 Å². The maximum atomic E-state index is 14.9. The molecule has 1 unspecified atom stereocenters. The van der Waals surface area contributed by atoms with Crippen LogP contribution in [-0.2, 0) is 9.53 Å². The molecule has 0 aliphatic carbocycles. The van der Waals surface area contributed by atoms with Crippen molar-refractivity contribution in [3.63, 3.8) is 0 Å². The van der Waals surface area contributed by atoms with E-state index in [-0.39, 0.29) is 23.3 Å². The van der Waals surface area contributed by atoms with Gasteiger partial charge in [0.2, 0.25) is 0 Å². The number of carbonyl (C=O) groups is 1. The van der Waals surface area contributed by atoms with E-state index in [1.165, 1.54) is 22.0 Å². The van der Waals surface area contributed by atoms with Crippen LogP contribution >= 0.6 is 11.3 Å². The van der Waals surface area contributed by atoms with Gasteiger partial charge in [0.1, 0.15) is 11.9 Å². The number of halogens is 1. The summed E-state index contributed by atoms with van der Waals surface area (Å²) >= 11 is 1.21. The summed E-state index contributed by atoms with van der Waals surface area (Å²) in [5.74, 6) is -1.12. The molecule has 170 valence electrons. The van der Waals surface area contributed by atoms with Crippen LogP contribution in [0.1, 0.15) is 31.0 Å². The number of aromatic nitrogens is 1. The molecule has 0 fully saturated rings. The van der Waals surface area contributed by atoms with Crippen LogP contribution in [0.3, 0.4) is 0 Å². The number of thiazole rings is 1. The number of rotatable bonds is 5. The average Bonchev–Trinajstić information content (AvgIpc) is 3.08. The Morgan fingerprint density at radius 3 is 2.55 bits per heavy atom. The van der Waals surface area contributed by atoms with Gasteiger partial charge in [0.15, 0.2) is 4.80 Å². The van der Waals surface area contributed by atoms with E-state index >= 15 is 0 Å². The summed E-state index contributed by atoms with van der Waals surface area (Å²) < 4.78 is 21.9. The fourth-order valence-corrected chi connectivity index (χ4v) is 4.85. The maximum absolute atomic E-state index is 14.9. The van der Waals surface area contributed by atoms with E-state index in [1.54, 1.807) is 38.1 Å². The summed E-state index contributed by atoms with van der Waals surface area (Å²) in [4.78, 5) is 33.2. The minimum Gasteiger partial charge on any atom is -0.463 e. The Hall–Kier alpha value is -3.52. The van der Waals surface area contributed by atoms with Gasteiger partial charge in [-0.3, -0.25) is 9.36 Å². The molecule has 33 heavy (non-hydrogen) atoms. The highest BCUT2D eigenvalue weighted by molar-refractivity contribution is 7.07. The number of nitrogens with zero attached hydrogens (tertiary/aromatic N) is 3. The lowest BCUT2D eigenvalue weighted by atomic mass is 9.95. The van der Waals surface area contributed by atoms with Crippen molar-refractivity contribution in [2.75, 3.05) is 25.6 Å². The van der Waals surface area contributed by atoms with Gasteiger partial charge in [0.05, 0.1) is 22.4 Å². The van der Waals surface area contributed by atoms with Crippen molar-refractivity contribution in [3.8, 4) is 0 Å². The van der Waals surface area contributed by atoms with Crippen LogP contribution in [0.4, 0.5) is 10.1 Å². The average molecular weight is 466 g/mol. The predicted molar refractivity (Wildman–Crippen MR) is 128 cm³/mol. The first-order valence-electron chi connectivity index (χ1n) is 10.5. The number of hydrogen-bond acceptors (Lipinski definition) is 6. The van der Waals surface area contributed by atoms with Gasteiger partial charge in [-0.2, -0.15) is 0 Å². The third kappa shape index (κ3) is 4.26. The summed E-state index contributed by atoms with van der Waals surface area (Å²) in [6.07, 6.45) is 1.78. The molecular formula is C25H24FN3O3S. The van der Waals surface area contributed by atoms with Crippen molar-refractivity contribution in [3.05, 3.63) is 96.4 Å².